The molecule has 0 bridgehead atoms. The molecule has 1 aromatic rings. The zero-order chi connectivity index (χ0) is 13.7. The number of likely N-dealkylation sites (N-methyl/N-ethyl adjacent to an activating group) is 1. The number of methoxy groups -OCH3 is 1. The highest BCUT2D eigenvalue weighted by atomic mass is 79.9. The molecule has 100 valence electrons. The lowest BCUT2D eigenvalue weighted by Crippen LogP contribution is -2.34. The topological polar surface area (TPSA) is 55.6 Å². The number of hydrogen-bond donors (Lipinski definition) is 1. The Labute approximate surface area is 114 Å². The van der Waals surface area contributed by atoms with E-state index in [0.717, 1.165) is 0 Å². The number of nitrogens with two attached hydrogens (primary N) is 1. The third-order valence-electron chi connectivity index (χ3n) is 2.55. The molecule has 0 fully saturated rings. The van der Waals surface area contributed by atoms with Crippen LogP contribution in [0.2, 0.25) is 0 Å². The van der Waals surface area contributed by atoms with Gasteiger partial charge in [0.05, 0.1) is 17.9 Å². The Morgan fingerprint density at radius 3 is 2.78 bits per heavy atom. The molecule has 1 rings (SSSR count). The van der Waals surface area contributed by atoms with Gasteiger partial charge >= 0.3 is 0 Å². The van der Waals surface area contributed by atoms with Crippen molar-refractivity contribution in [3.63, 3.8) is 0 Å². The molecule has 0 saturated carbocycles. The number of ether oxygens (including phenoxy) is 1. The molecule has 0 spiro atoms. The van der Waals surface area contributed by atoms with E-state index in [4.69, 9.17) is 10.5 Å². The van der Waals surface area contributed by atoms with E-state index in [2.05, 4.69) is 15.9 Å². The van der Waals surface area contributed by atoms with Crippen LogP contribution < -0.4 is 5.73 Å². The maximum Gasteiger partial charge on any atom is 0.255 e. The zero-order valence-electron chi connectivity index (χ0n) is 10.4. The lowest BCUT2D eigenvalue weighted by Gasteiger charge is -2.21. The molecule has 0 aliphatic heterocycles. The smallest absolute Gasteiger partial charge is 0.255 e. The van der Waals surface area contributed by atoms with Gasteiger partial charge in [-0.25, -0.2) is 4.39 Å². The van der Waals surface area contributed by atoms with Crippen molar-refractivity contribution in [2.75, 3.05) is 32.5 Å². The lowest BCUT2D eigenvalue weighted by molar-refractivity contribution is 0.0705. The summed E-state index contributed by atoms with van der Waals surface area (Å²) in [5.41, 5.74) is 5.79. The van der Waals surface area contributed by atoms with Gasteiger partial charge in [-0.1, -0.05) is 0 Å². The van der Waals surface area contributed by atoms with Crippen molar-refractivity contribution in [1.29, 1.82) is 0 Å². The first-order valence-electron chi connectivity index (χ1n) is 5.54. The second-order valence-electron chi connectivity index (χ2n) is 3.73. The number of nitrogen functional groups attached to an aromatic ring is 1. The quantitative estimate of drug-likeness (QED) is 0.847. The molecule has 1 aromatic carbocycles. The SMILES string of the molecule is CCN(CCOC)C(=O)c1cc(N)c(F)cc1Br. The van der Waals surface area contributed by atoms with Gasteiger partial charge in [0, 0.05) is 24.7 Å². The molecule has 2 N–H and O–H groups in total. The summed E-state index contributed by atoms with van der Waals surface area (Å²) in [7, 11) is 1.57. The minimum atomic E-state index is -0.543. The highest BCUT2D eigenvalue weighted by Gasteiger charge is 2.18. The van der Waals surface area contributed by atoms with Gasteiger partial charge in [-0.3, -0.25) is 4.79 Å². The Balaban J connectivity index is 2.98. The fraction of sp³-hybridized carbons (Fsp3) is 0.417. The zero-order valence-corrected chi connectivity index (χ0v) is 12.0. The molecule has 0 atom stereocenters. The largest absolute Gasteiger partial charge is 0.396 e. The van der Waals surface area contributed by atoms with E-state index >= 15 is 0 Å². The maximum atomic E-state index is 13.2. The summed E-state index contributed by atoms with van der Waals surface area (Å²) in [6.45, 7) is 3.35. The van der Waals surface area contributed by atoms with Crippen LogP contribution in [0.3, 0.4) is 0 Å². The van der Waals surface area contributed by atoms with Crippen LogP contribution in [0.1, 0.15) is 17.3 Å². The van der Waals surface area contributed by atoms with E-state index in [9.17, 15) is 9.18 Å². The number of carbonyl (C=O) groups is 1. The summed E-state index contributed by atoms with van der Waals surface area (Å²) in [4.78, 5) is 13.8. The van der Waals surface area contributed by atoms with Gasteiger partial charge in [-0.2, -0.15) is 0 Å². The van der Waals surface area contributed by atoms with Crippen molar-refractivity contribution >= 4 is 27.5 Å². The normalized spacial score (nSPS) is 10.4. The third kappa shape index (κ3) is 3.43. The summed E-state index contributed by atoms with van der Waals surface area (Å²) in [6.07, 6.45) is 0. The minimum Gasteiger partial charge on any atom is -0.396 e. The number of anilines is 1. The Morgan fingerprint density at radius 2 is 2.22 bits per heavy atom. The minimum absolute atomic E-state index is 0.0376. The highest BCUT2D eigenvalue weighted by molar-refractivity contribution is 9.10. The number of benzene rings is 1. The average Bonchev–Trinajstić information content (AvgIpc) is 2.34. The molecule has 18 heavy (non-hydrogen) atoms. The fourth-order valence-corrected chi connectivity index (χ4v) is 1.99. The van der Waals surface area contributed by atoms with Crippen LogP contribution in [0, 0.1) is 5.82 Å². The molecule has 0 radical (unpaired) electrons. The molecule has 4 nitrogen and oxygen atoms in total. The molecule has 0 aliphatic carbocycles. The third-order valence-corrected chi connectivity index (χ3v) is 3.21. The van der Waals surface area contributed by atoms with Crippen LogP contribution in [0.25, 0.3) is 0 Å². The Hall–Kier alpha value is -1.14. The first kappa shape index (κ1) is 14.9. The Bertz CT molecular complexity index is 440. The van der Waals surface area contributed by atoms with E-state index in [1.165, 1.54) is 12.1 Å². The molecule has 0 heterocycles. The van der Waals surface area contributed by atoms with Crippen molar-refractivity contribution < 1.29 is 13.9 Å². The second-order valence-corrected chi connectivity index (χ2v) is 4.59. The summed E-state index contributed by atoms with van der Waals surface area (Å²) >= 11 is 3.17. The van der Waals surface area contributed by atoms with Crippen LogP contribution >= 0.6 is 15.9 Å². The van der Waals surface area contributed by atoms with Crippen LogP contribution in [-0.2, 0) is 4.74 Å². The summed E-state index contributed by atoms with van der Waals surface area (Å²) in [5.74, 6) is -0.744. The van der Waals surface area contributed by atoms with E-state index < -0.39 is 5.82 Å². The molecule has 0 saturated heterocycles. The van der Waals surface area contributed by atoms with Crippen molar-refractivity contribution in [2.45, 2.75) is 6.92 Å². The standard InChI is InChI=1S/C12H16BrFN2O2/c1-3-16(4-5-18-2)12(17)8-6-11(15)10(14)7-9(8)13/h6-7H,3-5,15H2,1-2H3. The Kier molecular flexibility index (Phi) is 5.55. The molecular formula is C12H16BrFN2O2. The molecular weight excluding hydrogens is 303 g/mol. The number of hydrogen-bond acceptors (Lipinski definition) is 3. The predicted octanol–water partition coefficient (Wildman–Crippen LogP) is 2.28. The first-order valence-corrected chi connectivity index (χ1v) is 6.33. The molecule has 0 aromatic heterocycles. The summed E-state index contributed by atoms with van der Waals surface area (Å²) < 4.78 is 18.5. The van der Waals surface area contributed by atoms with E-state index in [1.54, 1.807) is 12.0 Å². The van der Waals surface area contributed by atoms with Crippen molar-refractivity contribution in [1.82, 2.24) is 4.90 Å². The second kappa shape index (κ2) is 6.70. The van der Waals surface area contributed by atoms with E-state index in [1.807, 2.05) is 6.92 Å². The van der Waals surface area contributed by atoms with Crippen LogP contribution in [-0.4, -0.2) is 37.6 Å². The van der Waals surface area contributed by atoms with Crippen LogP contribution in [0.5, 0.6) is 0 Å². The fourth-order valence-electron chi connectivity index (χ4n) is 1.50. The lowest BCUT2D eigenvalue weighted by atomic mass is 10.1. The first-order chi connectivity index (χ1) is 8.51. The number of halogens is 2. The van der Waals surface area contributed by atoms with Gasteiger partial charge in [0.1, 0.15) is 5.82 Å². The van der Waals surface area contributed by atoms with E-state index in [0.29, 0.717) is 29.7 Å². The van der Waals surface area contributed by atoms with Crippen molar-refractivity contribution in [3.8, 4) is 0 Å². The van der Waals surface area contributed by atoms with Gasteiger partial charge in [0.25, 0.3) is 5.91 Å². The van der Waals surface area contributed by atoms with Crippen LogP contribution in [0.15, 0.2) is 16.6 Å². The highest BCUT2D eigenvalue weighted by Crippen LogP contribution is 2.24. The Morgan fingerprint density at radius 1 is 1.56 bits per heavy atom. The molecule has 0 aliphatic rings. The molecule has 1 amide bonds. The average molecular weight is 319 g/mol. The van der Waals surface area contributed by atoms with Gasteiger partial charge < -0.3 is 15.4 Å². The van der Waals surface area contributed by atoms with Gasteiger partial charge in [-0.15, -0.1) is 0 Å². The number of rotatable bonds is 5. The van der Waals surface area contributed by atoms with Gasteiger partial charge in [-0.05, 0) is 35.0 Å². The van der Waals surface area contributed by atoms with Gasteiger partial charge in [0.15, 0.2) is 0 Å². The number of carbonyl (C=O) groups excluding carboxylic acids is 1. The monoisotopic (exact) mass is 318 g/mol. The summed E-state index contributed by atoms with van der Waals surface area (Å²) in [6, 6.07) is 2.55. The molecule has 0 unspecified atom stereocenters. The summed E-state index contributed by atoms with van der Waals surface area (Å²) in [5, 5.41) is 0. The van der Waals surface area contributed by atoms with Crippen LogP contribution in [0.4, 0.5) is 10.1 Å². The maximum absolute atomic E-state index is 13.2. The van der Waals surface area contributed by atoms with Crippen molar-refractivity contribution in [2.24, 2.45) is 0 Å². The molecule has 6 heteroatoms. The van der Waals surface area contributed by atoms with Gasteiger partial charge in [0.2, 0.25) is 0 Å². The predicted molar refractivity (Wildman–Crippen MR) is 72.0 cm³/mol. The number of amides is 1. The van der Waals surface area contributed by atoms with Crippen molar-refractivity contribution in [3.05, 3.63) is 28.0 Å². The van der Waals surface area contributed by atoms with E-state index in [-0.39, 0.29) is 11.6 Å². The number of nitrogens with zero attached hydrogens (tertiary/aromatic N) is 1.